The van der Waals surface area contributed by atoms with Crippen LogP contribution in [-0.4, -0.2) is 12.9 Å². The van der Waals surface area contributed by atoms with Crippen LogP contribution in [0, 0.1) is 0 Å². The van der Waals surface area contributed by atoms with Crippen LogP contribution in [0.5, 0.6) is 5.75 Å². The quantitative estimate of drug-likeness (QED) is 0.714. The van der Waals surface area contributed by atoms with E-state index in [9.17, 15) is 4.79 Å². The number of hydrogen-bond donors (Lipinski definition) is 0. The summed E-state index contributed by atoms with van der Waals surface area (Å²) in [7, 11) is 1.50. The van der Waals surface area contributed by atoms with Crippen molar-refractivity contribution < 1.29 is 9.53 Å². The summed E-state index contributed by atoms with van der Waals surface area (Å²) in [5.41, 5.74) is 0.381. The lowest BCUT2D eigenvalue weighted by atomic mass is 10.1. The zero-order chi connectivity index (χ0) is 10.0. The van der Waals surface area contributed by atoms with Crippen LogP contribution in [0.15, 0.2) is 12.1 Å². The predicted molar refractivity (Wildman–Crippen MR) is 53.0 cm³/mol. The van der Waals surface area contributed by atoms with Crippen molar-refractivity contribution in [2.45, 2.75) is 6.92 Å². The van der Waals surface area contributed by atoms with Gasteiger partial charge in [0.2, 0.25) is 0 Å². The first-order valence-electron chi connectivity index (χ1n) is 3.60. The second-order valence-corrected chi connectivity index (χ2v) is 3.31. The topological polar surface area (TPSA) is 26.3 Å². The van der Waals surface area contributed by atoms with Gasteiger partial charge in [-0.05, 0) is 13.0 Å². The third-order valence-electron chi connectivity index (χ3n) is 1.62. The zero-order valence-corrected chi connectivity index (χ0v) is 8.74. The van der Waals surface area contributed by atoms with E-state index in [1.807, 2.05) is 0 Å². The summed E-state index contributed by atoms with van der Waals surface area (Å²) in [6, 6.07) is 3.13. The Hall–Kier alpha value is -0.730. The van der Waals surface area contributed by atoms with Crippen molar-refractivity contribution in [2.24, 2.45) is 0 Å². The van der Waals surface area contributed by atoms with Crippen molar-refractivity contribution in [3.05, 3.63) is 27.7 Å². The Bertz CT molecular complexity index is 348. The van der Waals surface area contributed by atoms with Gasteiger partial charge in [-0.25, -0.2) is 0 Å². The molecule has 0 amide bonds. The number of hydrogen-bond acceptors (Lipinski definition) is 2. The van der Waals surface area contributed by atoms with E-state index in [0.717, 1.165) is 0 Å². The molecule has 4 heteroatoms. The molecular weight excluding hydrogens is 211 g/mol. The lowest BCUT2D eigenvalue weighted by Crippen LogP contribution is -1.95. The van der Waals surface area contributed by atoms with Gasteiger partial charge in [-0.1, -0.05) is 23.2 Å². The largest absolute Gasteiger partial charge is 0.497 e. The molecule has 13 heavy (non-hydrogen) atoms. The van der Waals surface area contributed by atoms with Crippen LogP contribution in [-0.2, 0) is 0 Å². The number of methoxy groups -OCH3 is 1. The van der Waals surface area contributed by atoms with E-state index in [2.05, 4.69) is 0 Å². The van der Waals surface area contributed by atoms with Gasteiger partial charge < -0.3 is 4.74 Å². The standard InChI is InChI=1S/C9H8Cl2O2/c1-5(12)7-3-6(13-2)4-8(10)9(7)11/h3-4H,1-2H3. The molecule has 1 aromatic carbocycles. The van der Waals surface area contributed by atoms with Gasteiger partial charge in [0.1, 0.15) is 5.75 Å². The van der Waals surface area contributed by atoms with E-state index >= 15 is 0 Å². The lowest BCUT2D eigenvalue weighted by molar-refractivity contribution is 0.101. The highest BCUT2D eigenvalue weighted by Gasteiger charge is 2.11. The van der Waals surface area contributed by atoms with Crippen LogP contribution >= 0.6 is 23.2 Å². The molecule has 0 heterocycles. The summed E-state index contributed by atoms with van der Waals surface area (Å²) >= 11 is 11.6. The minimum absolute atomic E-state index is 0.134. The fraction of sp³-hybridized carbons (Fsp3) is 0.222. The summed E-state index contributed by atoms with van der Waals surface area (Å²) in [5.74, 6) is 0.394. The maximum absolute atomic E-state index is 11.1. The summed E-state index contributed by atoms with van der Waals surface area (Å²) in [6.45, 7) is 1.43. The van der Waals surface area contributed by atoms with Crippen LogP contribution in [0.25, 0.3) is 0 Å². The van der Waals surface area contributed by atoms with Gasteiger partial charge in [0, 0.05) is 11.6 Å². The molecule has 1 rings (SSSR count). The van der Waals surface area contributed by atoms with E-state index < -0.39 is 0 Å². The van der Waals surface area contributed by atoms with Crippen LogP contribution < -0.4 is 4.74 Å². The van der Waals surface area contributed by atoms with Crippen molar-refractivity contribution in [1.82, 2.24) is 0 Å². The Morgan fingerprint density at radius 3 is 2.46 bits per heavy atom. The van der Waals surface area contributed by atoms with Crippen molar-refractivity contribution in [1.29, 1.82) is 0 Å². The molecular formula is C9H8Cl2O2. The number of rotatable bonds is 2. The molecule has 0 aromatic heterocycles. The van der Waals surface area contributed by atoms with Crippen molar-refractivity contribution >= 4 is 29.0 Å². The number of carbonyl (C=O) groups is 1. The third-order valence-corrected chi connectivity index (χ3v) is 2.42. The number of ether oxygens (including phenoxy) is 1. The zero-order valence-electron chi connectivity index (χ0n) is 7.23. The molecule has 0 unspecified atom stereocenters. The smallest absolute Gasteiger partial charge is 0.161 e. The van der Waals surface area contributed by atoms with Crippen LogP contribution in [0.4, 0.5) is 0 Å². The number of benzene rings is 1. The molecule has 0 saturated heterocycles. The van der Waals surface area contributed by atoms with E-state index in [4.69, 9.17) is 27.9 Å². The molecule has 0 aliphatic heterocycles. The van der Waals surface area contributed by atoms with Gasteiger partial charge in [-0.15, -0.1) is 0 Å². The van der Waals surface area contributed by atoms with E-state index in [0.29, 0.717) is 16.3 Å². The van der Waals surface area contributed by atoms with Gasteiger partial charge in [0.05, 0.1) is 17.2 Å². The summed E-state index contributed by atoms with van der Waals surface area (Å²) in [6.07, 6.45) is 0. The monoisotopic (exact) mass is 218 g/mol. The number of carbonyl (C=O) groups excluding carboxylic acids is 1. The van der Waals surface area contributed by atoms with Crippen LogP contribution in [0.1, 0.15) is 17.3 Å². The highest BCUT2D eigenvalue weighted by atomic mass is 35.5. The van der Waals surface area contributed by atoms with Gasteiger partial charge in [-0.3, -0.25) is 4.79 Å². The number of ketones is 1. The summed E-state index contributed by atoms with van der Waals surface area (Å²) in [5, 5.41) is 0.598. The molecule has 0 radical (unpaired) electrons. The number of Topliss-reactive ketones (excluding diaryl/α,β-unsaturated/α-hetero) is 1. The Balaban J connectivity index is 3.33. The first-order chi connectivity index (χ1) is 6.06. The van der Waals surface area contributed by atoms with E-state index in [-0.39, 0.29) is 10.8 Å². The van der Waals surface area contributed by atoms with E-state index in [1.54, 1.807) is 12.1 Å². The molecule has 0 fully saturated rings. The molecule has 0 aliphatic carbocycles. The fourth-order valence-electron chi connectivity index (χ4n) is 0.938. The normalized spacial score (nSPS) is 9.85. The van der Waals surface area contributed by atoms with Gasteiger partial charge in [0.25, 0.3) is 0 Å². The van der Waals surface area contributed by atoms with Crippen LogP contribution in [0.2, 0.25) is 10.0 Å². The average Bonchev–Trinajstić information content (AvgIpc) is 2.09. The third kappa shape index (κ3) is 2.14. The Morgan fingerprint density at radius 2 is 2.00 bits per heavy atom. The Morgan fingerprint density at radius 1 is 1.38 bits per heavy atom. The number of halogens is 2. The van der Waals surface area contributed by atoms with E-state index in [1.165, 1.54) is 14.0 Å². The molecule has 0 spiro atoms. The minimum atomic E-state index is -0.134. The molecule has 1 aromatic rings. The van der Waals surface area contributed by atoms with Crippen molar-refractivity contribution in [3.63, 3.8) is 0 Å². The van der Waals surface area contributed by atoms with Gasteiger partial charge in [0.15, 0.2) is 5.78 Å². The van der Waals surface area contributed by atoms with Crippen molar-refractivity contribution in [2.75, 3.05) is 7.11 Å². The summed E-state index contributed by atoms with van der Waals surface area (Å²) in [4.78, 5) is 11.1. The van der Waals surface area contributed by atoms with Crippen LogP contribution in [0.3, 0.4) is 0 Å². The highest BCUT2D eigenvalue weighted by Crippen LogP contribution is 2.30. The Kier molecular flexibility index (Phi) is 3.17. The molecule has 0 aliphatic rings. The fourth-order valence-corrected chi connectivity index (χ4v) is 1.39. The second kappa shape index (κ2) is 3.99. The molecule has 2 nitrogen and oxygen atoms in total. The maximum Gasteiger partial charge on any atom is 0.161 e. The molecule has 0 bridgehead atoms. The molecule has 0 saturated carbocycles. The summed E-state index contributed by atoms with van der Waals surface area (Å²) < 4.78 is 4.95. The Labute approximate surface area is 86.4 Å². The van der Waals surface area contributed by atoms with Gasteiger partial charge in [-0.2, -0.15) is 0 Å². The second-order valence-electron chi connectivity index (χ2n) is 2.53. The average molecular weight is 219 g/mol. The first-order valence-corrected chi connectivity index (χ1v) is 4.36. The predicted octanol–water partition coefficient (Wildman–Crippen LogP) is 3.20. The SMILES string of the molecule is COc1cc(Cl)c(Cl)c(C(C)=O)c1. The molecule has 0 N–H and O–H groups in total. The molecule has 0 atom stereocenters. The maximum atomic E-state index is 11.1. The van der Waals surface area contributed by atoms with Crippen molar-refractivity contribution in [3.8, 4) is 5.75 Å². The first kappa shape index (κ1) is 10.4. The van der Waals surface area contributed by atoms with Gasteiger partial charge >= 0.3 is 0 Å². The lowest BCUT2D eigenvalue weighted by Gasteiger charge is -2.05. The highest BCUT2D eigenvalue weighted by molar-refractivity contribution is 6.44. The molecule has 70 valence electrons. The minimum Gasteiger partial charge on any atom is -0.497 e.